The maximum Gasteiger partial charge on any atom is 0.306 e. The minimum atomic E-state index is -0.564. The third-order valence-corrected chi connectivity index (χ3v) is 6.77. The largest absolute Gasteiger partial charge is 0.481 e. The van der Waals surface area contributed by atoms with E-state index >= 15 is 0 Å². The minimum absolute atomic E-state index is 0.100. The van der Waals surface area contributed by atoms with E-state index in [-0.39, 0.29) is 5.92 Å². The molecule has 0 radical (unpaired) electrons. The van der Waals surface area contributed by atoms with E-state index in [1.165, 1.54) is 109 Å². The highest BCUT2D eigenvalue weighted by Gasteiger charge is 2.16. The Balaban J connectivity index is 3.46. The third kappa shape index (κ3) is 24.0. The van der Waals surface area contributed by atoms with E-state index in [4.69, 9.17) is 0 Å². The standard InChI is InChI=1S/C29H58O2/c1-26(2)22-18-14-10-7-5-6-8-12-16-20-24-28(29(30)31)25-21-17-13-9-11-15-19-23-27(3)4/h26-28H,5-25H2,1-4H3,(H,30,31). The van der Waals surface area contributed by atoms with Crippen LogP contribution in [0.1, 0.15) is 163 Å². The molecule has 0 saturated carbocycles. The Morgan fingerprint density at radius 3 is 0.903 bits per heavy atom. The summed E-state index contributed by atoms with van der Waals surface area (Å²) in [5.74, 6) is 1.03. The first-order valence-electron chi connectivity index (χ1n) is 14.2. The van der Waals surface area contributed by atoms with Crippen molar-refractivity contribution in [2.24, 2.45) is 17.8 Å². The van der Waals surface area contributed by atoms with Gasteiger partial charge >= 0.3 is 5.97 Å². The number of hydrogen-bond donors (Lipinski definition) is 1. The molecular formula is C29H58O2. The molecule has 0 rings (SSSR count). The number of hydrogen-bond acceptors (Lipinski definition) is 1. The highest BCUT2D eigenvalue weighted by molar-refractivity contribution is 5.69. The van der Waals surface area contributed by atoms with Gasteiger partial charge < -0.3 is 5.11 Å². The maximum absolute atomic E-state index is 11.5. The molecular weight excluding hydrogens is 380 g/mol. The van der Waals surface area contributed by atoms with E-state index in [2.05, 4.69) is 27.7 Å². The van der Waals surface area contributed by atoms with Gasteiger partial charge in [-0.05, 0) is 24.7 Å². The lowest BCUT2D eigenvalue weighted by atomic mass is 9.94. The molecule has 0 aliphatic carbocycles. The molecule has 186 valence electrons. The molecule has 1 N–H and O–H groups in total. The van der Waals surface area contributed by atoms with Crippen molar-refractivity contribution in [3.63, 3.8) is 0 Å². The summed E-state index contributed by atoms with van der Waals surface area (Å²) >= 11 is 0. The molecule has 0 aromatic carbocycles. The molecule has 0 aromatic heterocycles. The molecule has 0 saturated heterocycles. The van der Waals surface area contributed by atoms with Gasteiger partial charge in [-0.3, -0.25) is 4.79 Å². The van der Waals surface area contributed by atoms with Gasteiger partial charge in [-0.15, -0.1) is 0 Å². The summed E-state index contributed by atoms with van der Waals surface area (Å²) in [5, 5.41) is 9.51. The predicted octanol–water partition coefficient (Wildman–Crippen LogP) is 10.2. The summed E-state index contributed by atoms with van der Waals surface area (Å²) in [5.41, 5.74) is 0. The molecule has 0 aromatic rings. The van der Waals surface area contributed by atoms with Crippen molar-refractivity contribution in [2.75, 3.05) is 0 Å². The van der Waals surface area contributed by atoms with Crippen LogP contribution in [0.15, 0.2) is 0 Å². The van der Waals surface area contributed by atoms with Gasteiger partial charge in [0.2, 0.25) is 0 Å². The summed E-state index contributed by atoms with van der Waals surface area (Å²) in [6.45, 7) is 9.24. The van der Waals surface area contributed by atoms with Crippen LogP contribution in [-0.2, 0) is 4.79 Å². The van der Waals surface area contributed by atoms with Crippen molar-refractivity contribution < 1.29 is 9.90 Å². The molecule has 0 bridgehead atoms. The summed E-state index contributed by atoms with van der Waals surface area (Å²) in [4.78, 5) is 11.5. The van der Waals surface area contributed by atoms with Crippen LogP contribution in [0.3, 0.4) is 0 Å². The lowest BCUT2D eigenvalue weighted by molar-refractivity contribution is -0.142. The van der Waals surface area contributed by atoms with Gasteiger partial charge in [0, 0.05) is 0 Å². The molecule has 31 heavy (non-hydrogen) atoms. The molecule has 2 nitrogen and oxygen atoms in total. The zero-order chi connectivity index (χ0) is 23.2. The number of aliphatic carboxylic acids is 1. The van der Waals surface area contributed by atoms with Crippen LogP contribution in [0.4, 0.5) is 0 Å². The van der Waals surface area contributed by atoms with Crippen LogP contribution >= 0.6 is 0 Å². The highest BCUT2D eigenvalue weighted by Crippen LogP contribution is 2.20. The number of carbonyl (C=O) groups is 1. The second kappa shape index (κ2) is 22.7. The van der Waals surface area contributed by atoms with Gasteiger partial charge in [0.1, 0.15) is 0 Å². The zero-order valence-electron chi connectivity index (χ0n) is 21.9. The van der Waals surface area contributed by atoms with E-state index in [1.54, 1.807) is 0 Å². The summed E-state index contributed by atoms with van der Waals surface area (Å²) in [6, 6.07) is 0. The smallest absolute Gasteiger partial charge is 0.306 e. The molecule has 0 spiro atoms. The van der Waals surface area contributed by atoms with E-state index in [0.29, 0.717) is 0 Å². The third-order valence-electron chi connectivity index (χ3n) is 6.77. The Bertz CT molecular complexity index is 375. The minimum Gasteiger partial charge on any atom is -0.481 e. The predicted molar refractivity (Wildman–Crippen MR) is 138 cm³/mol. The first-order valence-corrected chi connectivity index (χ1v) is 14.2. The fraction of sp³-hybridized carbons (Fsp3) is 0.966. The quantitative estimate of drug-likeness (QED) is 0.152. The van der Waals surface area contributed by atoms with Crippen LogP contribution in [0.25, 0.3) is 0 Å². The van der Waals surface area contributed by atoms with Gasteiger partial charge in [-0.25, -0.2) is 0 Å². The second-order valence-corrected chi connectivity index (χ2v) is 11.0. The fourth-order valence-corrected chi connectivity index (χ4v) is 4.58. The van der Waals surface area contributed by atoms with Crippen LogP contribution in [0.5, 0.6) is 0 Å². The SMILES string of the molecule is CC(C)CCCCCCCCCCCCC(CCCCCCCCCC(C)C)C(=O)O. The Morgan fingerprint density at radius 1 is 0.452 bits per heavy atom. The average Bonchev–Trinajstić information content (AvgIpc) is 2.71. The van der Waals surface area contributed by atoms with E-state index < -0.39 is 5.97 Å². The maximum atomic E-state index is 11.5. The first-order chi connectivity index (χ1) is 14.9. The monoisotopic (exact) mass is 438 g/mol. The number of unbranched alkanes of at least 4 members (excludes halogenated alkanes) is 15. The molecule has 0 amide bonds. The highest BCUT2D eigenvalue weighted by atomic mass is 16.4. The van der Waals surface area contributed by atoms with Crippen molar-refractivity contribution in [1.29, 1.82) is 0 Å². The topological polar surface area (TPSA) is 37.3 Å². The van der Waals surface area contributed by atoms with Gasteiger partial charge in [0.15, 0.2) is 0 Å². The Kier molecular flexibility index (Phi) is 22.3. The average molecular weight is 439 g/mol. The van der Waals surface area contributed by atoms with Crippen LogP contribution in [-0.4, -0.2) is 11.1 Å². The van der Waals surface area contributed by atoms with Crippen molar-refractivity contribution in [3.8, 4) is 0 Å². The van der Waals surface area contributed by atoms with Gasteiger partial charge in [-0.1, -0.05) is 150 Å². The van der Waals surface area contributed by atoms with Crippen molar-refractivity contribution in [2.45, 2.75) is 163 Å². The lowest BCUT2D eigenvalue weighted by Gasteiger charge is -2.12. The van der Waals surface area contributed by atoms with Gasteiger partial charge in [0.05, 0.1) is 5.92 Å². The molecule has 0 heterocycles. The zero-order valence-corrected chi connectivity index (χ0v) is 21.9. The Hall–Kier alpha value is -0.530. The second-order valence-electron chi connectivity index (χ2n) is 11.0. The lowest BCUT2D eigenvalue weighted by Crippen LogP contribution is -2.13. The van der Waals surface area contributed by atoms with Crippen LogP contribution in [0, 0.1) is 17.8 Å². The van der Waals surface area contributed by atoms with Gasteiger partial charge in [0.25, 0.3) is 0 Å². The Morgan fingerprint density at radius 2 is 0.677 bits per heavy atom. The van der Waals surface area contributed by atoms with Crippen LogP contribution < -0.4 is 0 Å². The molecule has 1 atom stereocenters. The molecule has 2 heteroatoms. The molecule has 0 aliphatic heterocycles. The van der Waals surface area contributed by atoms with Crippen LogP contribution in [0.2, 0.25) is 0 Å². The number of carboxylic acids is 1. The summed E-state index contributed by atoms with van der Waals surface area (Å²) < 4.78 is 0. The van der Waals surface area contributed by atoms with Crippen molar-refractivity contribution in [1.82, 2.24) is 0 Å². The van der Waals surface area contributed by atoms with Crippen molar-refractivity contribution >= 4 is 5.97 Å². The van der Waals surface area contributed by atoms with E-state index in [1.807, 2.05) is 0 Å². The van der Waals surface area contributed by atoms with E-state index in [0.717, 1.165) is 37.5 Å². The molecule has 0 fully saturated rings. The van der Waals surface area contributed by atoms with Gasteiger partial charge in [-0.2, -0.15) is 0 Å². The number of carboxylic acid groups (broad SMARTS) is 1. The summed E-state index contributed by atoms with van der Waals surface area (Å²) in [7, 11) is 0. The van der Waals surface area contributed by atoms with E-state index in [9.17, 15) is 9.90 Å². The Labute approximate surface area is 196 Å². The first kappa shape index (κ1) is 30.5. The summed E-state index contributed by atoms with van der Waals surface area (Å²) in [6.07, 6.45) is 26.9. The fourth-order valence-electron chi connectivity index (χ4n) is 4.58. The number of rotatable bonds is 24. The normalized spacial score (nSPS) is 12.7. The molecule has 1 unspecified atom stereocenters. The van der Waals surface area contributed by atoms with Crippen molar-refractivity contribution in [3.05, 3.63) is 0 Å². The molecule has 0 aliphatic rings.